The summed E-state index contributed by atoms with van der Waals surface area (Å²) in [7, 11) is 1.56. The van der Waals surface area contributed by atoms with Crippen molar-refractivity contribution in [1.29, 1.82) is 0 Å². The van der Waals surface area contributed by atoms with Gasteiger partial charge in [0.2, 0.25) is 5.91 Å². The summed E-state index contributed by atoms with van der Waals surface area (Å²) in [4.78, 5) is 23.6. The minimum Gasteiger partial charge on any atom is -0.492 e. The van der Waals surface area contributed by atoms with Crippen LogP contribution in [-0.2, 0) is 9.59 Å². The highest BCUT2D eigenvalue weighted by Gasteiger charge is 2.20. The molecule has 20 heavy (non-hydrogen) atoms. The Bertz CT molecular complexity index is 464. The van der Waals surface area contributed by atoms with Gasteiger partial charge in [0, 0.05) is 11.5 Å². The van der Waals surface area contributed by atoms with E-state index in [1.54, 1.807) is 7.05 Å². The molecular formula is C13H17BrN2O4. The number of hydrogen-bond donors (Lipinski definition) is 2. The predicted octanol–water partition coefficient (Wildman–Crippen LogP) is 1.09. The molecule has 0 aromatic heterocycles. The Balaban J connectivity index is 2.35. The van der Waals surface area contributed by atoms with Crippen LogP contribution in [0.5, 0.6) is 5.75 Å². The standard InChI is InChI=1S/C13H17BrN2O4/c1-16(13(19)11(15)8-12(17)18)6-7-20-10-4-2-9(14)3-5-10/h2-5,11H,6-8,15H2,1H3,(H,17,18). The van der Waals surface area contributed by atoms with E-state index in [-0.39, 0.29) is 6.42 Å². The van der Waals surface area contributed by atoms with Gasteiger partial charge in [0.15, 0.2) is 0 Å². The molecule has 1 rings (SSSR count). The Labute approximate surface area is 125 Å². The van der Waals surface area contributed by atoms with Crippen LogP contribution in [0.15, 0.2) is 28.7 Å². The van der Waals surface area contributed by atoms with Gasteiger partial charge in [-0.25, -0.2) is 0 Å². The highest BCUT2D eigenvalue weighted by Crippen LogP contribution is 2.15. The van der Waals surface area contributed by atoms with Crippen LogP contribution in [0.3, 0.4) is 0 Å². The molecule has 0 saturated carbocycles. The lowest BCUT2D eigenvalue weighted by Crippen LogP contribution is -2.44. The summed E-state index contributed by atoms with van der Waals surface area (Å²) in [5.74, 6) is -0.805. The number of amides is 1. The SMILES string of the molecule is CN(CCOc1ccc(Br)cc1)C(=O)C(N)CC(=O)O. The van der Waals surface area contributed by atoms with Gasteiger partial charge in [-0.1, -0.05) is 15.9 Å². The van der Waals surface area contributed by atoms with Gasteiger partial charge in [0.05, 0.1) is 19.0 Å². The van der Waals surface area contributed by atoms with Gasteiger partial charge >= 0.3 is 5.97 Å². The lowest BCUT2D eigenvalue weighted by atomic mass is 10.2. The van der Waals surface area contributed by atoms with Crippen LogP contribution in [0.1, 0.15) is 6.42 Å². The Morgan fingerprint density at radius 3 is 2.55 bits per heavy atom. The van der Waals surface area contributed by atoms with Crippen molar-refractivity contribution in [1.82, 2.24) is 4.90 Å². The second kappa shape index (κ2) is 7.86. The number of carbonyl (C=O) groups excluding carboxylic acids is 1. The van der Waals surface area contributed by atoms with E-state index in [2.05, 4.69) is 15.9 Å². The number of nitrogens with two attached hydrogens (primary N) is 1. The van der Waals surface area contributed by atoms with Gasteiger partial charge in [0.25, 0.3) is 0 Å². The van der Waals surface area contributed by atoms with Crippen LogP contribution in [-0.4, -0.2) is 48.1 Å². The predicted molar refractivity (Wildman–Crippen MR) is 77.5 cm³/mol. The zero-order valence-corrected chi connectivity index (χ0v) is 12.7. The second-order valence-electron chi connectivity index (χ2n) is 4.27. The number of ether oxygens (including phenoxy) is 1. The Morgan fingerprint density at radius 2 is 2.00 bits per heavy atom. The number of carboxylic acids is 1. The van der Waals surface area contributed by atoms with E-state index in [4.69, 9.17) is 15.6 Å². The molecule has 0 aliphatic carbocycles. The van der Waals surface area contributed by atoms with E-state index in [0.29, 0.717) is 18.9 Å². The quantitative estimate of drug-likeness (QED) is 0.772. The lowest BCUT2D eigenvalue weighted by Gasteiger charge is -2.20. The van der Waals surface area contributed by atoms with E-state index in [1.165, 1.54) is 4.90 Å². The summed E-state index contributed by atoms with van der Waals surface area (Å²) in [6.45, 7) is 0.645. The van der Waals surface area contributed by atoms with Crippen molar-refractivity contribution in [2.24, 2.45) is 5.73 Å². The third kappa shape index (κ3) is 5.58. The van der Waals surface area contributed by atoms with E-state index < -0.39 is 17.9 Å². The van der Waals surface area contributed by atoms with E-state index in [9.17, 15) is 9.59 Å². The highest BCUT2D eigenvalue weighted by molar-refractivity contribution is 9.10. The maximum atomic E-state index is 11.7. The van der Waals surface area contributed by atoms with Gasteiger partial charge < -0.3 is 20.5 Å². The van der Waals surface area contributed by atoms with E-state index in [1.807, 2.05) is 24.3 Å². The molecule has 7 heteroatoms. The van der Waals surface area contributed by atoms with Gasteiger partial charge in [-0.3, -0.25) is 9.59 Å². The number of hydrogen-bond acceptors (Lipinski definition) is 4. The molecule has 110 valence electrons. The number of carboxylic acid groups (broad SMARTS) is 1. The molecule has 0 saturated heterocycles. The maximum Gasteiger partial charge on any atom is 0.305 e. The van der Waals surface area contributed by atoms with Crippen LogP contribution in [0, 0.1) is 0 Å². The van der Waals surface area contributed by atoms with Crippen molar-refractivity contribution in [3.05, 3.63) is 28.7 Å². The summed E-state index contributed by atoms with van der Waals surface area (Å²) in [5, 5.41) is 8.58. The van der Waals surface area contributed by atoms with Crippen molar-refractivity contribution in [3.63, 3.8) is 0 Å². The molecule has 6 nitrogen and oxygen atoms in total. The van der Waals surface area contributed by atoms with E-state index >= 15 is 0 Å². The Kier molecular flexibility index (Phi) is 6.47. The average Bonchev–Trinajstić information content (AvgIpc) is 2.39. The number of rotatable bonds is 7. The first-order chi connectivity index (χ1) is 9.40. The van der Waals surface area contributed by atoms with Crippen molar-refractivity contribution >= 4 is 27.8 Å². The fraction of sp³-hybridized carbons (Fsp3) is 0.385. The number of carbonyl (C=O) groups is 2. The first-order valence-electron chi connectivity index (χ1n) is 6.01. The van der Waals surface area contributed by atoms with Crippen LogP contribution >= 0.6 is 15.9 Å². The molecule has 0 spiro atoms. The van der Waals surface area contributed by atoms with Crippen molar-refractivity contribution in [3.8, 4) is 5.75 Å². The first-order valence-corrected chi connectivity index (χ1v) is 6.80. The van der Waals surface area contributed by atoms with Crippen LogP contribution in [0.2, 0.25) is 0 Å². The molecule has 3 N–H and O–H groups in total. The maximum absolute atomic E-state index is 11.7. The number of benzene rings is 1. The Morgan fingerprint density at radius 1 is 1.40 bits per heavy atom. The van der Waals surface area contributed by atoms with Gasteiger partial charge in [-0.05, 0) is 24.3 Å². The molecule has 1 amide bonds. The molecule has 0 radical (unpaired) electrons. The van der Waals surface area contributed by atoms with Crippen LogP contribution < -0.4 is 10.5 Å². The number of nitrogens with zero attached hydrogens (tertiary/aromatic N) is 1. The summed E-state index contributed by atoms with van der Waals surface area (Å²) >= 11 is 3.32. The van der Waals surface area contributed by atoms with Crippen LogP contribution in [0.4, 0.5) is 0 Å². The summed E-state index contributed by atoms with van der Waals surface area (Å²) in [6, 6.07) is 6.30. The molecule has 0 bridgehead atoms. The molecule has 0 aliphatic rings. The molecule has 0 fully saturated rings. The summed E-state index contributed by atoms with van der Waals surface area (Å²) in [5.41, 5.74) is 5.50. The molecule has 1 aromatic rings. The summed E-state index contributed by atoms with van der Waals surface area (Å²) in [6.07, 6.45) is -0.378. The lowest BCUT2D eigenvalue weighted by molar-refractivity contribution is -0.141. The molecule has 0 aliphatic heterocycles. The second-order valence-corrected chi connectivity index (χ2v) is 5.18. The fourth-order valence-electron chi connectivity index (χ4n) is 1.50. The zero-order chi connectivity index (χ0) is 15.1. The number of aliphatic carboxylic acids is 1. The Hall–Kier alpha value is -1.60. The normalized spacial score (nSPS) is 11.8. The van der Waals surface area contributed by atoms with Crippen molar-refractivity contribution in [2.45, 2.75) is 12.5 Å². The van der Waals surface area contributed by atoms with Gasteiger partial charge in [-0.15, -0.1) is 0 Å². The van der Waals surface area contributed by atoms with Crippen molar-refractivity contribution in [2.75, 3.05) is 20.2 Å². The number of halogens is 1. The molecule has 0 heterocycles. The van der Waals surface area contributed by atoms with E-state index in [0.717, 1.165) is 4.47 Å². The average molecular weight is 345 g/mol. The largest absolute Gasteiger partial charge is 0.492 e. The topological polar surface area (TPSA) is 92.9 Å². The molecular weight excluding hydrogens is 328 g/mol. The molecule has 1 atom stereocenters. The highest BCUT2D eigenvalue weighted by atomic mass is 79.9. The third-order valence-electron chi connectivity index (χ3n) is 2.60. The monoisotopic (exact) mass is 344 g/mol. The minimum atomic E-state index is -1.09. The smallest absolute Gasteiger partial charge is 0.305 e. The third-order valence-corrected chi connectivity index (χ3v) is 3.13. The minimum absolute atomic E-state index is 0.309. The summed E-state index contributed by atoms with van der Waals surface area (Å²) < 4.78 is 6.43. The molecule has 1 unspecified atom stereocenters. The fourth-order valence-corrected chi connectivity index (χ4v) is 1.76. The van der Waals surface area contributed by atoms with Gasteiger partial charge in [0.1, 0.15) is 12.4 Å². The van der Waals surface area contributed by atoms with Crippen molar-refractivity contribution < 1.29 is 19.4 Å². The zero-order valence-electron chi connectivity index (χ0n) is 11.1. The van der Waals surface area contributed by atoms with Crippen LogP contribution in [0.25, 0.3) is 0 Å². The van der Waals surface area contributed by atoms with Gasteiger partial charge in [-0.2, -0.15) is 0 Å². The number of likely N-dealkylation sites (N-methyl/N-ethyl adjacent to an activating group) is 1. The first kappa shape index (κ1) is 16.5. The molecule has 1 aromatic carbocycles.